The quantitative estimate of drug-likeness (QED) is 0.627. The van der Waals surface area contributed by atoms with E-state index in [-0.39, 0.29) is 5.41 Å². The summed E-state index contributed by atoms with van der Waals surface area (Å²) >= 11 is 0. The number of methoxy groups -OCH3 is 1. The molecule has 0 radical (unpaired) electrons. The average molecular weight is 395 g/mol. The van der Waals surface area contributed by atoms with Crippen LogP contribution >= 0.6 is 0 Å². The first-order valence-corrected chi connectivity index (χ1v) is 11.1. The molecule has 0 unspecified atom stereocenters. The van der Waals surface area contributed by atoms with E-state index in [1.54, 1.807) is 7.11 Å². The lowest BCUT2D eigenvalue weighted by molar-refractivity contribution is 0.200. The van der Waals surface area contributed by atoms with Crippen molar-refractivity contribution in [2.45, 2.75) is 64.5 Å². The summed E-state index contributed by atoms with van der Waals surface area (Å²) in [7, 11) is 1.73. The zero-order valence-corrected chi connectivity index (χ0v) is 18.1. The van der Waals surface area contributed by atoms with E-state index in [2.05, 4.69) is 48.0 Å². The Morgan fingerprint density at radius 1 is 1.17 bits per heavy atom. The second-order valence-corrected chi connectivity index (χ2v) is 9.03. The summed E-state index contributed by atoms with van der Waals surface area (Å²) in [6, 6.07) is 10.8. The van der Waals surface area contributed by atoms with Crippen molar-refractivity contribution in [3.63, 3.8) is 0 Å². The Morgan fingerprint density at radius 3 is 2.69 bits per heavy atom. The lowest BCUT2D eigenvalue weighted by atomic mass is 9.74. The normalized spacial score (nSPS) is 25.4. The number of benzene rings is 1. The van der Waals surface area contributed by atoms with Gasteiger partial charge in [0.15, 0.2) is 11.5 Å². The molecule has 0 amide bonds. The Kier molecular flexibility index (Phi) is 6.09. The second kappa shape index (κ2) is 8.74. The van der Waals surface area contributed by atoms with Crippen LogP contribution in [0.25, 0.3) is 0 Å². The number of rotatable bonds is 7. The Balaban J connectivity index is 1.56. The zero-order valence-electron chi connectivity index (χ0n) is 18.1. The minimum Gasteiger partial charge on any atom is -0.493 e. The highest BCUT2D eigenvalue weighted by Crippen LogP contribution is 2.47. The van der Waals surface area contributed by atoms with E-state index in [4.69, 9.17) is 9.47 Å². The van der Waals surface area contributed by atoms with Gasteiger partial charge in [-0.25, -0.2) is 0 Å². The van der Waals surface area contributed by atoms with E-state index in [9.17, 15) is 0 Å². The van der Waals surface area contributed by atoms with Crippen LogP contribution in [-0.2, 0) is 6.54 Å². The summed E-state index contributed by atoms with van der Waals surface area (Å²) in [4.78, 5) is 6.86. The van der Waals surface area contributed by atoms with Gasteiger partial charge in [0.05, 0.1) is 13.2 Å². The van der Waals surface area contributed by atoms with Gasteiger partial charge in [0, 0.05) is 37.9 Å². The molecule has 1 aromatic carbocycles. The Morgan fingerprint density at radius 2 is 2.00 bits per heavy atom. The van der Waals surface area contributed by atoms with E-state index < -0.39 is 0 Å². The molecule has 2 fully saturated rings. The number of hydrogen-bond acceptors (Lipinski definition) is 4. The average Bonchev–Trinajstić information content (AvgIpc) is 3.37. The van der Waals surface area contributed by atoms with Crippen LogP contribution in [0.2, 0.25) is 0 Å². The summed E-state index contributed by atoms with van der Waals surface area (Å²) in [5.41, 5.74) is 2.91. The number of nitrogens with zero attached hydrogens (tertiary/aromatic N) is 2. The molecule has 0 N–H and O–H groups in total. The maximum absolute atomic E-state index is 6.37. The number of pyridine rings is 1. The van der Waals surface area contributed by atoms with Crippen LogP contribution in [0.3, 0.4) is 0 Å². The van der Waals surface area contributed by atoms with Crippen molar-refractivity contribution in [2.75, 3.05) is 20.2 Å². The largest absolute Gasteiger partial charge is 0.493 e. The van der Waals surface area contributed by atoms with E-state index in [0.717, 1.165) is 50.4 Å². The maximum atomic E-state index is 6.37. The number of aromatic nitrogens is 1. The van der Waals surface area contributed by atoms with E-state index >= 15 is 0 Å². The molecule has 156 valence electrons. The molecule has 4 heteroatoms. The van der Waals surface area contributed by atoms with Crippen LogP contribution in [0.1, 0.15) is 63.0 Å². The van der Waals surface area contributed by atoms with Gasteiger partial charge in [0.2, 0.25) is 0 Å². The highest BCUT2D eigenvalue weighted by atomic mass is 16.5. The van der Waals surface area contributed by atoms with Gasteiger partial charge in [-0.05, 0) is 66.8 Å². The molecule has 1 aliphatic carbocycles. The summed E-state index contributed by atoms with van der Waals surface area (Å²) in [5, 5.41) is 0. The van der Waals surface area contributed by atoms with Gasteiger partial charge in [0.25, 0.3) is 0 Å². The fraction of sp³-hybridized carbons (Fsp3) is 0.560. The highest BCUT2D eigenvalue weighted by molar-refractivity contribution is 5.45. The predicted octanol–water partition coefficient (Wildman–Crippen LogP) is 5.43. The summed E-state index contributed by atoms with van der Waals surface area (Å²) < 4.78 is 12.0. The van der Waals surface area contributed by atoms with E-state index in [1.807, 2.05) is 18.5 Å². The van der Waals surface area contributed by atoms with Crippen molar-refractivity contribution in [3.8, 4) is 11.5 Å². The van der Waals surface area contributed by atoms with Gasteiger partial charge < -0.3 is 9.47 Å². The molecule has 2 heterocycles. The van der Waals surface area contributed by atoms with Crippen molar-refractivity contribution in [2.24, 2.45) is 5.41 Å². The lowest BCUT2D eigenvalue weighted by Crippen LogP contribution is -2.25. The molecule has 1 saturated carbocycles. The second-order valence-electron chi connectivity index (χ2n) is 9.03. The van der Waals surface area contributed by atoms with Crippen molar-refractivity contribution >= 4 is 0 Å². The molecular formula is C25H34N2O2. The molecule has 2 aromatic rings. The van der Waals surface area contributed by atoms with Crippen LogP contribution < -0.4 is 9.47 Å². The van der Waals surface area contributed by atoms with Crippen molar-refractivity contribution < 1.29 is 9.47 Å². The smallest absolute Gasteiger partial charge is 0.161 e. The van der Waals surface area contributed by atoms with Gasteiger partial charge >= 0.3 is 0 Å². The standard InChI is InChI=1S/C25H34N2O2/c1-4-25(2)18-27(16-19-8-7-13-26-15-19)17-22(25)20-11-12-23(28-3)24(14-20)29-21-9-5-6-10-21/h7-8,11-15,21-22H,4-6,9-10,16-18H2,1-3H3/t22-,25+/m0/s1. The van der Waals surface area contributed by atoms with Crippen molar-refractivity contribution in [3.05, 3.63) is 53.9 Å². The van der Waals surface area contributed by atoms with Crippen LogP contribution in [0, 0.1) is 5.41 Å². The molecule has 0 spiro atoms. The Bertz CT molecular complexity index is 804. The first-order chi connectivity index (χ1) is 14.1. The topological polar surface area (TPSA) is 34.6 Å². The summed E-state index contributed by atoms with van der Waals surface area (Å²) in [6.45, 7) is 7.88. The molecule has 1 aromatic heterocycles. The molecule has 2 aliphatic rings. The minimum atomic E-state index is 0.251. The fourth-order valence-electron chi connectivity index (χ4n) is 5.09. The fourth-order valence-corrected chi connectivity index (χ4v) is 5.09. The first kappa shape index (κ1) is 20.2. The molecule has 4 nitrogen and oxygen atoms in total. The molecule has 4 rings (SSSR count). The van der Waals surface area contributed by atoms with Gasteiger partial charge in [-0.3, -0.25) is 9.88 Å². The monoisotopic (exact) mass is 394 g/mol. The van der Waals surface area contributed by atoms with Gasteiger partial charge in [-0.1, -0.05) is 26.0 Å². The van der Waals surface area contributed by atoms with Crippen LogP contribution in [0.5, 0.6) is 11.5 Å². The number of ether oxygens (including phenoxy) is 2. The first-order valence-electron chi connectivity index (χ1n) is 11.1. The number of hydrogen-bond donors (Lipinski definition) is 0. The number of likely N-dealkylation sites (tertiary alicyclic amines) is 1. The van der Waals surface area contributed by atoms with E-state index in [0.29, 0.717) is 12.0 Å². The lowest BCUT2D eigenvalue weighted by Gasteiger charge is -2.30. The van der Waals surface area contributed by atoms with Crippen LogP contribution in [0.4, 0.5) is 0 Å². The highest BCUT2D eigenvalue weighted by Gasteiger charge is 2.42. The van der Waals surface area contributed by atoms with Gasteiger partial charge in [-0.2, -0.15) is 0 Å². The maximum Gasteiger partial charge on any atom is 0.161 e. The molecule has 29 heavy (non-hydrogen) atoms. The molecule has 1 saturated heterocycles. The van der Waals surface area contributed by atoms with Crippen molar-refractivity contribution in [1.82, 2.24) is 9.88 Å². The van der Waals surface area contributed by atoms with Crippen molar-refractivity contribution in [1.29, 1.82) is 0 Å². The third kappa shape index (κ3) is 4.42. The molecule has 1 aliphatic heterocycles. The molecular weight excluding hydrogens is 360 g/mol. The predicted molar refractivity (Wildman–Crippen MR) is 117 cm³/mol. The third-order valence-corrected chi connectivity index (χ3v) is 6.99. The minimum absolute atomic E-state index is 0.251. The van der Waals surface area contributed by atoms with Crippen LogP contribution in [-0.4, -0.2) is 36.2 Å². The Labute approximate surface area is 175 Å². The zero-order chi connectivity index (χ0) is 20.3. The third-order valence-electron chi connectivity index (χ3n) is 6.99. The van der Waals surface area contributed by atoms with E-state index in [1.165, 1.54) is 24.0 Å². The summed E-state index contributed by atoms with van der Waals surface area (Å²) in [5.74, 6) is 2.26. The Hall–Kier alpha value is -2.07. The SMILES string of the molecule is CC[C@]1(C)CN(Cc2cccnc2)C[C@H]1c1ccc(OC)c(OC2CCCC2)c1. The molecule has 2 atom stereocenters. The molecule has 0 bridgehead atoms. The summed E-state index contributed by atoms with van der Waals surface area (Å²) in [6.07, 6.45) is 10.2. The van der Waals surface area contributed by atoms with Gasteiger partial charge in [0.1, 0.15) is 0 Å². The van der Waals surface area contributed by atoms with Gasteiger partial charge in [-0.15, -0.1) is 0 Å². The van der Waals surface area contributed by atoms with Crippen LogP contribution in [0.15, 0.2) is 42.7 Å².